The van der Waals surface area contributed by atoms with Gasteiger partial charge in [0.1, 0.15) is 12.2 Å². The van der Waals surface area contributed by atoms with E-state index in [1.165, 1.54) is 12.2 Å². The summed E-state index contributed by atoms with van der Waals surface area (Å²) < 4.78 is 16.7. The van der Waals surface area contributed by atoms with Crippen LogP contribution in [0.1, 0.15) is 46.0 Å². The Hall–Kier alpha value is -1.37. The third kappa shape index (κ3) is 2.04. The van der Waals surface area contributed by atoms with Crippen LogP contribution in [0, 0.1) is 22.7 Å². The molecule has 0 spiro atoms. The molecular formula is C21H27FO5. The first-order valence-electron chi connectivity index (χ1n) is 9.72. The topological polar surface area (TPSA) is 94.8 Å². The largest absolute Gasteiger partial charge is 0.390 e. The van der Waals surface area contributed by atoms with E-state index in [0.29, 0.717) is 24.8 Å². The van der Waals surface area contributed by atoms with Gasteiger partial charge in [-0.1, -0.05) is 18.6 Å². The number of aliphatic hydroxyl groups is 3. The Kier molecular flexibility index (Phi) is 3.92. The summed E-state index contributed by atoms with van der Waals surface area (Å²) in [5, 5.41) is 31.5. The number of fused-ring (bicyclic) bond motifs is 5. The molecule has 4 aliphatic rings. The highest BCUT2D eigenvalue weighted by Crippen LogP contribution is 2.69. The fraction of sp³-hybridized carbons (Fsp3) is 0.714. The number of carbonyl (C=O) groups excluding carboxylic acids is 2. The first-order chi connectivity index (χ1) is 12.5. The van der Waals surface area contributed by atoms with Crippen molar-refractivity contribution in [2.45, 2.75) is 63.3 Å². The fourth-order valence-corrected chi connectivity index (χ4v) is 6.80. The minimum atomic E-state index is -1.97. The first-order valence-corrected chi connectivity index (χ1v) is 9.72. The number of halogens is 1. The van der Waals surface area contributed by atoms with Gasteiger partial charge in [-0.15, -0.1) is 0 Å². The van der Waals surface area contributed by atoms with Gasteiger partial charge < -0.3 is 15.3 Å². The molecule has 5 nitrogen and oxygen atoms in total. The first kappa shape index (κ1) is 19.0. The molecule has 4 rings (SSSR count). The molecule has 0 aromatic rings. The number of allylic oxidation sites excluding steroid dienone is 4. The number of alkyl halides is 1. The average Bonchev–Trinajstić information content (AvgIpc) is 2.88. The molecule has 0 aromatic heterocycles. The SMILES string of the molecule is C[C@]12C=CC(=O)C=C1CCC1C3CC[C@](O)(C(=O)CO)[C@@]3(C)CC(O)[C@@]12F. The molecule has 3 N–H and O–H groups in total. The van der Waals surface area contributed by atoms with Gasteiger partial charge in [-0.2, -0.15) is 0 Å². The summed E-state index contributed by atoms with van der Waals surface area (Å²) >= 11 is 0. The summed E-state index contributed by atoms with van der Waals surface area (Å²) in [6.45, 7) is 2.71. The lowest BCUT2D eigenvalue weighted by Gasteiger charge is -2.62. The van der Waals surface area contributed by atoms with E-state index in [4.69, 9.17) is 0 Å². The number of carbonyl (C=O) groups is 2. The molecule has 27 heavy (non-hydrogen) atoms. The molecule has 6 heteroatoms. The van der Waals surface area contributed by atoms with Crippen molar-refractivity contribution in [2.75, 3.05) is 6.61 Å². The normalized spacial score (nSPS) is 51.3. The van der Waals surface area contributed by atoms with Crippen LogP contribution >= 0.6 is 0 Å². The minimum Gasteiger partial charge on any atom is -0.390 e. The maximum absolute atomic E-state index is 16.7. The molecule has 3 unspecified atom stereocenters. The van der Waals surface area contributed by atoms with Crippen molar-refractivity contribution in [3.63, 3.8) is 0 Å². The van der Waals surface area contributed by atoms with E-state index in [9.17, 15) is 24.9 Å². The van der Waals surface area contributed by atoms with Crippen molar-refractivity contribution in [3.05, 3.63) is 23.8 Å². The van der Waals surface area contributed by atoms with Crippen LogP contribution in [-0.2, 0) is 9.59 Å². The Morgan fingerprint density at radius 1 is 1.30 bits per heavy atom. The number of Topliss-reactive ketones (excluding diaryl/α,β-unsaturated/α-hetero) is 1. The van der Waals surface area contributed by atoms with Crippen LogP contribution in [0.4, 0.5) is 4.39 Å². The molecule has 3 saturated carbocycles. The maximum Gasteiger partial charge on any atom is 0.190 e. The van der Waals surface area contributed by atoms with E-state index < -0.39 is 46.5 Å². The van der Waals surface area contributed by atoms with Crippen LogP contribution in [0.25, 0.3) is 0 Å². The Morgan fingerprint density at radius 3 is 2.67 bits per heavy atom. The summed E-state index contributed by atoms with van der Waals surface area (Å²) in [7, 11) is 0. The zero-order valence-electron chi connectivity index (χ0n) is 15.7. The molecule has 0 bridgehead atoms. The van der Waals surface area contributed by atoms with Crippen molar-refractivity contribution in [1.82, 2.24) is 0 Å². The standard InChI is InChI=1S/C21H27FO5/c1-18-7-5-13(24)9-12(18)3-4-15-14-6-8-20(27,17(26)11-23)19(14,2)10-16(25)21(15,18)22/h5,7,9,14-16,23,25,27H,3-4,6,8,10-11H2,1-2H3/t14?,15?,16?,18-,19-,20-,21-/m0/s1. The summed E-state index contributed by atoms with van der Waals surface area (Å²) in [6.07, 6.45) is 4.65. The van der Waals surface area contributed by atoms with Gasteiger partial charge >= 0.3 is 0 Å². The smallest absolute Gasteiger partial charge is 0.190 e. The van der Waals surface area contributed by atoms with Crippen LogP contribution in [-0.4, -0.2) is 50.9 Å². The zero-order valence-corrected chi connectivity index (χ0v) is 15.7. The quantitative estimate of drug-likeness (QED) is 0.679. The molecule has 0 heterocycles. The van der Waals surface area contributed by atoms with Crippen LogP contribution in [0.2, 0.25) is 0 Å². The lowest BCUT2D eigenvalue weighted by Crippen LogP contribution is -2.69. The lowest BCUT2D eigenvalue weighted by atomic mass is 9.44. The van der Waals surface area contributed by atoms with Crippen molar-refractivity contribution in [1.29, 1.82) is 0 Å². The van der Waals surface area contributed by atoms with Gasteiger partial charge in [-0.05, 0) is 57.1 Å². The van der Waals surface area contributed by atoms with Gasteiger partial charge in [0.2, 0.25) is 0 Å². The van der Waals surface area contributed by atoms with Gasteiger partial charge in [-0.3, -0.25) is 9.59 Å². The second kappa shape index (κ2) is 5.58. The van der Waals surface area contributed by atoms with Gasteiger partial charge in [0.05, 0.1) is 6.10 Å². The molecule has 3 fully saturated rings. The van der Waals surface area contributed by atoms with E-state index in [1.54, 1.807) is 19.9 Å². The Bertz CT molecular complexity index is 775. The van der Waals surface area contributed by atoms with E-state index in [0.717, 1.165) is 0 Å². The van der Waals surface area contributed by atoms with Crippen LogP contribution in [0.5, 0.6) is 0 Å². The molecule has 7 atom stereocenters. The van der Waals surface area contributed by atoms with Gasteiger partial charge in [0, 0.05) is 16.7 Å². The molecule has 0 aromatic carbocycles. The lowest BCUT2D eigenvalue weighted by molar-refractivity contribution is -0.217. The van der Waals surface area contributed by atoms with E-state index >= 15 is 4.39 Å². The fourth-order valence-electron chi connectivity index (χ4n) is 6.80. The zero-order chi connectivity index (χ0) is 19.8. The number of aliphatic hydroxyl groups excluding tert-OH is 2. The maximum atomic E-state index is 16.7. The van der Waals surface area contributed by atoms with Crippen LogP contribution < -0.4 is 0 Å². The van der Waals surface area contributed by atoms with Crippen molar-refractivity contribution in [2.24, 2.45) is 22.7 Å². The number of ketones is 2. The Morgan fingerprint density at radius 2 is 2.00 bits per heavy atom. The van der Waals surface area contributed by atoms with Crippen molar-refractivity contribution >= 4 is 11.6 Å². The second-order valence-electron chi connectivity index (χ2n) is 9.24. The monoisotopic (exact) mass is 378 g/mol. The molecular weight excluding hydrogens is 351 g/mol. The summed E-state index contributed by atoms with van der Waals surface area (Å²) in [6, 6.07) is 0. The predicted octanol–water partition coefficient (Wildman–Crippen LogP) is 1.65. The highest BCUT2D eigenvalue weighted by molar-refractivity contribution is 6.01. The third-order valence-electron chi connectivity index (χ3n) is 8.40. The number of hydrogen-bond donors (Lipinski definition) is 3. The van der Waals surface area contributed by atoms with Gasteiger partial charge in [0.15, 0.2) is 17.2 Å². The molecule has 0 amide bonds. The molecule has 0 aliphatic heterocycles. The highest BCUT2D eigenvalue weighted by Gasteiger charge is 2.73. The Balaban J connectivity index is 1.81. The van der Waals surface area contributed by atoms with Crippen molar-refractivity contribution < 1.29 is 29.3 Å². The van der Waals surface area contributed by atoms with E-state index in [-0.39, 0.29) is 24.5 Å². The van der Waals surface area contributed by atoms with Gasteiger partial charge in [-0.25, -0.2) is 4.39 Å². The van der Waals surface area contributed by atoms with Crippen LogP contribution in [0.15, 0.2) is 23.8 Å². The van der Waals surface area contributed by atoms with E-state index in [1.807, 2.05) is 0 Å². The summed E-state index contributed by atoms with van der Waals surface area (Å²) in [4.78, 5) is 24.1. The Labute approximate surface area is 158 Å². The predicted molar refractivity (Wildman–Crippen MR) is 95.4 cm³/mol. The van der Waals surface area contributed by atoms with Crippen molar-refractivity contribution in [3.8, 4) is 0 Å². The molecule has 0 radical (unpaired) electrons. The second-order valence-corrected chi connectivity index (χ2v) is 9.24. The third-order valence-corrected chi connectivity index (χ3v) is 8.40. The average molecular weight is 378 g/mol. The molecule has 148 valence electrons. The highest BCUT2D eigenvalue weighted by atomic mass is 19.1. The van der Waals surface area contributed by atoms with E-state index in [2.05, 4.69) is 0 Å². The van der Waals surface area contributed by atoms with Crippen LogP contribution in [0.3, 0.4) is 0 Å². The molecule has 0 saturated heterocycles. The summed E-state index contributed by atoms with van der Waals surface area (Å²) in [5.74, 6) is -1.64. The number of hydrogen-bond acceptors (Lipinski definition) is 5. The number of rotatable bonds is 2. The molecule has 4 aliphatic carbocycles. The minimum absolute atomic E-state index is 0.0580. The van der Waals surface area contributed by atoms with Gasteiger partial charge in [0.25, 0.3) is 0 Å². The summed E-state index contributed by atoms with van der Waals surface area (Å²) in [5.41, 5.74) is -5.07.